The molecular formula is C17H10F3N7O3. The summed E-state index contributed by atoms with van der Waals surface area (Å²) < 4.78 is 40.8. The van der Waals surface area contributed by atoms with E-state index in [1.54, 1.807) is 0 Å². The lowest BCUT2D eigenvalue weighted by atomic mass is 10.2. The maximum absolute atomic E-state index is 12.8. The van der Waals surface area contributed by atoms with E-state index < -0.39 is 22.4 Å². The van der Waals surface area contributed by atoms with Crippen molar-refractivity contribution in [3.63, 3.8) is 0 Å². The molecule has 3 aromatic heterocycles. The summed E-state index contributed by atoms with van der Waals surface area (Å²) in [5.74, 6) is 0. The Balaban J connectivity index is 1.61. The Labute approximate surface area is 164 Å². The van der Waals surface area contributed by atoms with Crippen LogP contribution in [0.3, 0.4) is 0 Å². The van der Waals surface area contributed by atoms with E-state index in [0.29, 0.717) is 11.4 Å². The Bertz CT molecular complexity index is 1310. The zero-order chi connectivity index (χ0) is 21.5. The van der Waals surface area contributed by atoms with Gasteiger partial charge >= 0.3 is 6.18 Å². The number of aromatic nitrogens is 6. The standard InChI is InChI=1S/C17H10F3N7O3/c18-17(19,20)14-6-5-13-15(22-14)21-9-25(16(13)28)7-10-8-26(24-23-10)11-1-3-12(4-2-11)27(29)30/h1-6,8-9H,7H2. The molecule has 3 heterocycles. The summed E-state index contributed by atoms with van der Waals surface area (Å²) in [6, 6.07) is 7.37. The quantitative estimate of drug-likeness (QED) is 0.369. The van der Waals surface area contributed by atoms with Crippen LogP contribution in [0.1, 0.15) is 11.4 Å². The highest BCUT2D eigenvalue weighted by molar-refractivity contribution is 5.73. The van der Waals surface area contributed by atoms with E-state index in [4.69, 9.17) is 0 Å². The predicted octanol–water partition coefficient (Wildman–Crippen LogP) is 2.35. The number of nitro benzene ring substituents is 1. The van der Waals surface area contributed by atoms with E-state index in [0.717, 1.165) is 18.5 Å². The normalized spacial score (nSPS) is 11.7. The molecule has 0 radical (unpaired) electrons. The lowest BCUT2D eigenvalue weighted by Gasteiger charge is -2.07. The van der Waals surface area contributed by atoms with Crippen molar-refractivity contribution in [2.75, 3.05) is 0 Å². The third-order valence-corrected chi connectivity index (χ3v) is 4.17. The van der Waals surface area contributed by atoms with Gasteiger partial charge in [-0.1, -0.05) is 5.21 Å². The van der Waals surface area contributed by atoms with Gasteiger partial charge in [-0.15, -0.1) is 5.10 Å². The van der Waals surface area contributed by atoms with Crippen LogP contribution in [0, 0.1) is 10.1 Å². The van der Waals surface area contributed by atoms with Crippen molar-refractivity contribution in [3.05, 3.63) is 80.8 Å². The number of fused-ring (bicyclic) bond motifs is 1. The molecule has 152 valence electrons. The van der Waals surface area contributed by atoms with Gasteiger partial charge in [0.25, 0.3) is 11.2 Å². The fraction of sp³-hybridized carbons (Fsp3) is 0.118. The van der Waals surface area contributed by atoms with Crippen LogP contribution in [0.25, 0.3) is 16.7 Å². The number of hydrogen-bond donors (Lipinski definition) is 0. The van der Waals surface area contributed by atoms with E-state index in [1.807, 2.05) is 0 Å². The van der Waals surface area contributed by atoms with Crippen LogP contribution in [0.5, 0.6) is 0 Å². The Morgan fingerprint density at radius 2 is 1.83 bits per heavy atom. The average Bonchev–Trinajstić information content (AvgIpc) is 3.18. The molecule has 10 nitrogen and oxygen atoms in total. The first-order chi connectivity index (χ1) is 14.2. The van der Waals surface area contributed by atoms with Gasteiger partial charge in [0, 0.05) is 12.1 Å². The van der Waals surface area contributed by atoms with Crippen LogP contribution in [0.15, 0.2) is 53.7 Å². The highest BCUT2D eigenvalue weighted by atomic mass is 19.4. The molecule has 0 fully saturated rings. The summed E-state index contributed by atoms with van der Waals surface area (Å²) in [5.41, 5.74) is -1.20. The molecule has 0 aliphatic rings. The first-order valence-corrected chi connectivity index (χ1v) is 8.32. The van der Waals surface area contributed by atoms with Crippen molar-refractivity contribution in [1.82, 2.24) is 29.5 Å². The average molecular weight is 417 g/mol. The molecule has 13 heteroatoms. The smallest absolute Gasteiger partial charge is 0.292 e. The van der Waals surface area contributed by atoms with E-state index in [2.05, 4.69) is 20.3 Å². The van der Waals surface area contributed by atoms with Crippen LogP contribution in [-0.2, 0) is 12.7 Å². The third-order valence-electron chi connectivity index (χ3n) is 4.17. The minimum absolute atomic E-state index is 0.0320. The lowest BCUT2D eigenvalue weighted by molar-refractivity contribution is -0.384. The van der Waals surface area contributed by atoms with E-state index in [-0.39, 0.29) is 23.3 Å². The fourth-order valence-electron chi connectivity index (χ4n) is 2.71. The van der Waals surface area contributed by atoms with E-state index >= 15 is 0 Å². The van der Waals surface area contributed by atoms with Gasteiger partial charge in [-0.05, 0) is 24.3 Å². The van der Waals surface area contributed by atoms with Crippen molar-refractivity contribution in [2.24, 2.45) is 0 Å². The number of benzene rings is 1. The van der Waals surface area contributed by atoms with Gasteiger partial charge in [-0.25, -0.2) is 14.6 Å². The van der Waals surface area contributed by atoms with Gasteiger partial charge in [0.05, 0.1) is 28.7 Å². The summed E-state index contributed by atoms with van der Waals surface area (Å²) in [5, 5.41) is 18.5. The molecule has 0 saturated carbocycles. The summed E-state index contributed by atoms with van der Waals surface area (Å²) in [4.78, 5) is 30.0. The second-order valence-electron chi connectivity index (χ2n) is 6.17. The first kappa shape index (κ1) is 19.2. The van der Waals surface area contributed by atoms with Crippen LogP contribution in [0.4, 0.5) is 18.9 Å². The summed E-state index contributed by atoms with van der Waals surface area (Å²) in [6.45, 7) is -0.0320. The predicted molar refractivity (Wildman–Crippen MR) is 95.9 cm³/mol. The van der Waals surface area contributed by atoms with Crippen LogP contribution < -0.4 is 5.56 Å². The minimum atomic E-state index is -4.64. The first-order valence-electron chi connectivity index (χ1n) is 8.32. The summed E-state index contributed by atoms with van der Waals surface area (Å²) >= 11 is 0. The molecule has 0 aliphatic carbocycles. The number of pyridine rings is 1. The number of hydrogen-bond acceptors (Lipinski definition) is 7. The molecule has 0 aliphatic heterocycles. The Hall–Kier alpha value is -4.16. The van der Waals surface area contributed by atoms with E-state index in [1.165, 1.54) is 39.7 Å². The third kappa shape index (κ3) is 3.59. The Kier molecular flexibility index (Phi) is 4.49. The van der Waals surface area contributed by atoms with Crippen molar-refractivity contribution in [3.8, 4) is 5.69 Å². The largest absolute Gasteiger partial charge is 0.433 e. The number of nitro groups is 1. The number of halogens is 3. The Morgan fingerprint density at radius 1 is 1.10 bits per heavy atom. The molecular weight excluding hydrogens is 407 g/mol. The summed E-state index contributed by atoms with van der Waals surface area (Å²) in [6.07, 6.45) is -2.04. The highest BCUT2D eigenvalue weighted by Gasteiger charge is 2.32. The van der Waals surface area contributed by atoms with Gasteiger partial charge in [-0.2, -0.15) is 13.2 Å². The van der Waals surface area contributed by atoms with Gasteiger partial charge in [0.2, 0.25) is 0 Å². The summed E-state index contributed by atoms with van der Waals surface area (Å²) in [7, 11) is 0. The van der Waals surface area contributed by atoms with E-state index in [9.17, 15) is 28.1 Å². The zero-order valence-corrected chi connectivity index (χ0v) is 14.8. The number of non-ortho nitro benzene ring substituents is 1. The topological polar surface area (TPSA) is 122 Å². The molecule has 0 bridgehead atoms. The van der Waals surface area contributed by atoms with Crippen molar-refractivity contribution >= 4 is 16.7 Å². The lowest BCUT2D eigenvalue weighted by Crippen LogP contribution is -2.22. The van der Waals surface area contributed by atoms with Crippen LogP contribution in [-0.4, -0.2) is 34.5 Å². The molecule has 30 heavy (non-hydrogen) atoms. The minimum Gasteiger partial charge on any atom is -0.292 e. The molecule has 1 aromatic carbocycles. The second kappa shape index (κ2) is 7.02. The number of rotatable bonds is 4. The maximum Gasteiger partial charge on any atom is 0.433 e. The number of alkyl halides is 3. The van der Waals surface area contributed by atoms with Crippen molar-refractivity contribution < 1.29 is 18.1 Å². The van der Waals surface area contributed by atoms with Gasteiger partial charge < -0.3 is 0 Å². The molecule has 0 amide bonds. The fourth-order valence-corrected chi connectivity index (χ4v) is 2.71. The zero-order valence-electron chi connectivity index (χ0n) is 14.8. The van der Waals surface area contributed by atoms with Crippen LogP contribution >= 0.6 is 0 Å². The van der Waals surface area contributed by atoms with Gasteiger partial charge in [0.1, 0.15) is 17.7 Å². The molecule has 0 N–H and O–H groups in total. The molecule has 0 atom stereocenters. The molecule has 4 rings (SSSR count). The van der Waals surface area contributed by atoms with Crippen molar-refractivity contribution in [2.45, 2.75) is 12.7 Å². The molecule has 0 unspecified atom stereocenters. The number of nitrogens with zero attached hydrogens (tertiary/aromatic N) is 7. The second-order valence-corrected chi connectivity index (χ2v) is 6.17. The van der Waals surface area contributed by atoms with Gasteiger partial charge in [0.15, 0.2) is 5.65 Å². The molecule has 0 spiro atoms. The van der Waals surface area contributed by atoms with Crippen LogP contribution in [0.2, 0.25) is 0 Å². The monoisotopic (exact) mass is 417 g/mol. The maximum atomic E-state index is 12.8. The SMILES string of the molecule is O=c1c2ccc(C(F)(F)F)nc2ncn1Cc1cn(-c2ccc([N+](=O)[O-])cc2)nn1. The van der Waals surface area contributed by atoms with Gasteiger partial charge in [-0.3, -0.25) is 19.5 Å². The molecule has 0 saturated heterocycles. The molecule has 4 aromatic rings. The Morgan fingerprint density at radius 3 is 2.50 bits per heavy atom. The highest BCUT2D eigenvalue weighted by Crippen LogP contribution is 2.28. The van der Waals surface area contributed by atoms with Crippen molar-refractivity contribution in [1.29, 1.82) is 0 Å².